The third-order valence-corrected chi connectivity index (χ3v) is 5.73. The molecule has 3 aromatic rings. The quantitative estimate of drug-likeness (QED) is 0.598. The summed E-state index contributed by atoms with van der Waals surface area (Å²) in [5.74, 6) is -0.0796. The molecule has 0 saturated carbocycles. The summed E-state index contributed by atoms with van der Waals surface area (Å²) in [6.45, 7) is 2.19. The first-order valence-electron chi connectivity index (χ1n) is 9.27. The van der Waals surface area contributed by atoms with Crippen molar-refractivity contribution in [1.82, 2.24) is 4.98 Å². The highest BCUT2D eigenvalue weighted by Crippen LogP contribution is 2.29. The number of nitrogens with zero attached hydrogens (tertiary/aromatic N) is 2. The van der Waals surface area contributed by atoms with Crippen molar-refractivity contribution >= 4 is 28.9 Å². The van der Waals surface area contributed by atoms with Gasteiger partial charge in [-0.15, -0.1) is 11.3 Å². The molecule has 0 fully saturated rings. The van der Waals surface area contributed by atoms with E-state index in [2.05, 4.69) is 4.98 Å². The first-order valence-corrected chi connectivity index (χ1v) is 10.1. The van der Waals surface area contributed by atoms with Gasteiger partial charge in [0.05, 0.1) is 7.11 Å². The second kappa shape index (κ2) is 8.05. The van der Waals surface area contributed by atoms with E-state index < -0.39 is 12.1 Å². The predicted octanol–water partition coefficient (Wildman–Crippen LogP) is 3.95. The van der Waals surface area contributed by atoms with Gasteiger partial charge in [0.2, 0.25) is 0 Å². The topological polar surface area (TPSA) is 68.7 Å². The van der Waals surface area contributed by atoms with Crippen LogP contribution < -0.4 is 9.64 Å². The second-order valence-corrected chi connectivity index (χ2v) is 7.54. The molecule has 148 valence electrons. The van der Waals surface area contributed by atoms with Gasteiger partial charge in [-0.3, -0.25) is 4.79 Å². The average molecular weight is 408 g/mol. The number of aromatic nitrogens is 1. The Morgan fingerprint density at radius 1 is 1.14 bits per heavy atom. The molecule has 0 spiro atoms. The van der Waals surface area contributed by atoms with E-state index >= 15 is 0 Å². The van der Waals surface area contributed by atoms with Crippen molar-refractivity contribution in [3.8, 4) is 16.3 Å². The summed E-state index contributed by atoms with van der Waals surface area (Å²) in [4.78, 5) is 31.3. The molecule has 4 rings (SSSR count). The summed E-state index contributed by atoms with van der Waals surface area (Å²) in [5, 5.41) is 2.34. The summed E-state index contributed by atoms with van der Waals surface area (Å²) >= 11 is 1.35. The Balaban J connectivity index is 1.43. The highest BCUT2D eigenvalue weighted by atomic mass is 32.1. The normalized spacial score (nSPS) is 13.7. The molecule has 0 unspecified atom stereocenters. The molecule has 0 bridgehead atoms. The largest absolute Gasteiger partial charge is 0.497 e. The molecule has 0 saturated heterocycles. The van der Waals surface area contributed by atoms with Crippen molar-refractivity contribution in [2.75, 3.05) is 18.6 Å². The van der Waals surface area contributed by atoms with E-state index in [4.69, 9.17) is 9.47 Å². The lowest BCUT2D eigenvalue weighted by Gasteiger charge is -2.21. The van der Waals surface area contributed by atoms with Gasteiger partial charge in [0.25, 0.3) is 5.91 Å². The molecule has 1 atom stereocenters. The maximum absolute atomic E-state index is 12.8. The fraction of sp³-hybridized carbons (Fsp3) is 0.227. The van der Waals surface area contributed by atoms with Crippen LogP contribution in [0.15, 0.2) is 53.9 Å². The molecule has 0 N–H and O–H groups in total. The van der Waals surface area contributed by atoms with Crippen LogP contribution in [0.3, 0.4) is 0 Å². The van der Waals surface area contributed by atoms with Gasteiger partial charge in [0.1, 0.15) is 10.8 Å². The number of methoxy groups -OCH3 is 1. The van der Waals surface area contributed by atoms with Gasteiger partial charge in [-0.25, -0.2) is 9.78 Å². The molecule has 29 heavy (non-hydrogen) atoms. The molecule has 1 aliphatic rings. The summed E-state index contributed by atoms with van der Waals surface area (Å²) < 4.78 is 10.6. The molecule has 0 aliphatic carbocycles. The number of rotatable bonds is 5. The number of hydrogen-bond acceptors (Lipinski definition) is 6. The second-order valence-electron chi connectivity index (χ2n) is 6.68. The Labute approximate surface area is 172 Å². The lowest BCUT2D eigenvalue weighted by molar-refractivity contribution is -0.126. The van der Waals surface area contributed by atoms with E-state index in [-0.39, 0.29) is 11.6 Å². The molecular formula is C22H20N2O4S. The van der Waals surface area contributed by atoms with E-state index in [9.17, 15) is 9.59 Å². The third kappa shape index (κ3) is 3.86. The van der Waals surface area contributed by atoms with E-state index in [1.807, 2.05) is 48.5 Å². The Bertz CT molecular complexity index is 1040. The number of benzene rings is 2. The van der Waals surface area contributed by atoms with Crippen molar-refractivity contribution in [2.45, 2.75) is 19.4 Å². The fourth-order valence-electron chi connectivity index (χ4n) is 3.29. The molecule has 2 heterocycles. The van der Waals surface area contributed by atoms with Gasteiger partial charge in [0, 0.05) is 23.2 Å². The van der Waals surface area contributed by atoms with Crippen molar-refractivity contribution in [1.29, 1.82) is 0 Å². The third-order valence-electron chi connectivity index (χ3n) is 4.84. The monoisotopic (exact) mass is 408 g/mol. The van der Waals surface area contributed by atoms with Crippen molar-refractivity contribution in [3.63, 3.8) is 0 Å². The van der Waals surface area contributed by atoms with Gasteiger partial charge in [-0.2, -0.15) is 0 Å². The van der Waals surface area contributed by atoms with E-state index in [0.717, 1.165) is 29.0 Å². The number of anilines is 1. The Kier molecular flexibility index (Phi) is 5.31. The van der Waals surface area contributed by atoms with E-state index in [0.29, 0.717) is 11.6 Å². The first kappa shape index (κ1) is 19.1. The Morgan fingerprint density at radius 3 is 2.66 bits per heavy atom. The standard InChI is InChI=1S/C22H20N2O4S/c1-14(21(25)24-12-11-15-5-3-4-6-19(15)24)28-22(26)18-13-29-20(23-18)16-7-9-17(27-2)10-8-16/h3-10,13-14H,11-12H2,1-2H3/t14-/m1/s1. The molecule has 1 aliphatic heterocycles. The zero-order valence-corrected chi connectivity index (χ0v) is 16.9. The number of esters is 1. The number of ether oxygens (including phenoxy) is 2. The maximum atomic E-state index is 12.8. The van der Waals surface area contributed by atoms with Gasteiger partial charge >= 0.3 is 5.97 Å². The number of carbonyl (C=O) groups excluding carboxylic acids is 2. The van der Waals surface area contributed by atoms with Gasteiger partial charge < -0.3 is 14.4 Å². The van der Waals surface area contributed by atoms with E-state index in [1.165, 1.54) is 11.3 Å². The lowest BCUT2D eigenvalue weighted by atomic mass is 10.2. The summed E-state index contributed by atoms with van der Waals surface area (Å²) in [6, 6.07) is 15.2. The lowest BCUT2D eigenvalue weighted by Crippen LogP contribution is -2.39. The Morgan fingerprint density at radius 2 is 1.90 bits per heavy atom. The van der Waals surface area contributed by atoms with Gasteiger partial charge in [0.15, 0.2) is 11.8 Å². The van der Waals surface area contributed by atoms with Crippen LogP contribution in [0.5, 0.6) is 5.75 Å². The number of amides is 1. The van der Waals surface area contributed by atoms with Gasteiger partial charge in [-0.1, -0.05) is 18.2 Å². The highest BCUT2D eigenvalue weighted by molar-refractivity contribution is 7.13. The van der Waals surface area contributed by atoms with Crippen molar-refractivity contribution < 1.29 is 19.1 Å². The number of fused-ring (bicyclic) bond motifs is 1. The zero-order valence-electron chi connectivity index (χ0n) is 16.1. The zero-order chi connectivity index (χ0) is 20.4. The minimum atomic E-state index is -0.889. The predicted molar refractivity (Wildman–Crippen MR) is 111 cm³/mol. The fourth-order valence-corrected chi connectivity index (χ4v) is 4.09. The number of carbonyl (C=O) groups is 2. The van der Waals surface area contributed by atoms with Gasteiger partial charge in [-0.05, 0) is 49.2 Å². The van der Waals surface area contributed by atoms with Crippen LogP contribution in [0.25, 0.3) is 10.6 Å². The van der Waals surface area contributed by atoms with Crippen LogP contribution in [0.2, 0.25) is 0 Å². The summed E-state index contributed by atoms with van der Waals surface area (Å²) in [7, 11) is 1.61. The van der Waals surface area contributed by atoms with Crippen LogP contribution in [0, 0.1) is 0 Å². The molecule has 7 heteroatoms. The molecule has 2 aromatic carbocycles. The van der Waals surface area contributed by atoms with Crippen LogP contribution in [0.1, 0.15) is 23.0 Å². The maximum Gasteiger partial charge on any atom is 0.358 e. The summed E-state index contributed by atoms with van der Waals surface area (Å²) in [6.07, 6.45) is -0.0836. The highest BCUT2D eigenvalue weighted by Gasteiger charge is 2.30. The number of thiazole rings is 1. The molecule has 1 aromatic heterocycles. The van der Waals surface area contributed by atoms with Crippen LogP contribution in [-0.2, 0) is 16.0 Å². The number of para-hydroxylation sites is 1. The molecule has 6 nitrogen and oxygen atoms in total. The van der Waals surface area contributed by atoms with Crippen molar-refractivity contribution in [3.05, 3.63) is 65.2 Å². The Hall–Kier alpha value is -3.19. The minimum absolute atomic E-state index is 0.197. The SMILES string of the molecule is COc1ccc(-c2nc(C(=O)O[C@H](C)C(=O)N3CCc4ccccc43)cs2)cc1. The van der Waals surface area contributed by atoms with Crippen LogP contribution in [0.4, 0.5) is 5.69 Å². The molecule has 1 amide bonds. The average Bonchev–Trinajstić information content (AvgIpc) is 3.41. The van der Waals surface area contributed by atoms with Crippen LogP contribution in [-0.4, -0.2) is 36.6 Å². The number of hydrogen-bond donors (Lipinski definition) is 0. The van der Waals surface area contributed by atoms with Crippen LogP contribution >= 0.6 is 11.3 Å². The molecular weight excluding hydrogens is 388 g/mol. The van der Waals surface area contributed by atoms with Crippen molar-refractivity contribution in [2.24, 2.45) is 0 Å². The smallest absolute Gasteiger partial charge is 0.358 e. The first-order chi connectivity index (χ1) is 14.1. The summed E-state index contributed by atoms with van der Waals surface area (Å²) in [5.41, 5.74) is 3.09. The minimum Gasteiger partial charge on any atom is -0.497 e. The molecule has 0 radical (unpaired) electrons. The van der Waals surface area contributed by atoms with E-state index in [1.54, 1.807) is 24.3 Å².